The molecule has 1 aliphatic rings. The molecule has 2 nitrogen and oxygen atoms in total. The Morgan fingerprint density at radius 3 is 2.79 bits per heavy atom. The van der Waals surface area contributed by atoms with Crippen molar-refractivity contribution in [2.75, 3.05) is 13.1 Å². The molecule has 0 fully saturated rings. The van der Waals surface area contributed by atoms with Gasteiger partial charge in [0, 0.05) is 19.6 Å². The van der Waals surface area contributed by atoms with Crippen molar-refractivity contribution >= 4 is 0 Å². The first-order chi connectivity index (χ1) is 6.75. The van der Waals surface area contributed by atoms with E-state index in [9.17, 15) is 5.11 Å². The largest absolute Gasteiger partial charge is 0.392 e. The van der Waals surface area contributed by atoms with E-state index >= 15 is 0 Å². The van der Waals surface area contributed by atoms with Crippen LogP contribution in [-0.2, 0) is 13.0 Å². The third kappa shape index (κ3) is 2.14. The van der Waals surface area contributed by atoms with Gasteiger partial charge in [-0.2, -0.15) is 0 Å². The van der Waals surface area contributed by atoms with Crippen molar-refractivity contribution in [2.45, 2.75) is 26.0 Å². The van der Waals surface area contributed by atoms with E-state index in [2.05, 4.69) is 29.2 Å². The van der Waals surface area contributed by atoms with E-state index < -0.39 is 0 Å². The zero-order valence-corrected chi connectivity index (χ0v) is 8.61. The fourth-order valence-electron chi connectivity index (χ4n) is 2.08. The third-order valence-corrected chi connectivity index (χ3v) is 2.73. The summed E-state index contributed by atoms with van der Waals surface area (Å²) in [6, 6.07) is 8.58. The Bertz CT molecular complexity index is 309. The van der Waals surface area contributed by atoms with Gasteiger partial charge in [0.2, 0.25) is 0 Å². The van der Waals surface area contributed by atoms with Gasteiger partial charge in [-0.15, -0.1) is 0 Å². The molecule has 76 valence electrons. The standard InChI is InChI=1S/C12H17NO/c1-10(14)8-13-7-6-11-4-2-3-5-12(11)9-13/h2-5,10,14H,6-9H2,1H3/t10-/m0/s1. The van der Waals surface area contributed by atoms with Crippen LogP contribution in [0.15, 0.2) is 24.3 Å². The molecule has 1 aromatic rings. The minimum atomic E-state index is -0.222. The second kappa shape index (κ2) is 4.11. The number of aliphatic hydroxyl groups excluding tert-OH is 1. The van der Waals surface area contributed by atoms with Crippen molar-refractivity contribution in [3.05, 3.63) is 35.4 Å². The Labute approximate surface area is 85.2 Å². The average Bonchev–Trinajstić information content (AvgIpc) is 2.17. The summed E-state index contributed by atoms with van der Waals surface area (Å²) >= 11 is 0. The van der Waals surface area contributed by atoms with Crippen molar-refractivity contribution in [3.63, 3.8) is 0 Å². The van der Waals surface area contributed by atoms with Crippen molar-refractivity contribution < 1.29 is 5.11 Å². The lowest BCUT2D eigenvalue weighted by Gasteiger charge is -2.29. The van der Waals surface area contributed by atoms with Crippen molar-refractivity contribution in [1.29, 1.82) is 0 Å². The minimum Gasteiger partial charge on any atom is -0.392 e. The Morgan fingerprint density at radius 2 is 2.07 bits per heavy atom. The van der Waals surface area contributed by atoms with E-state index in [-0.39, 0.29) is 6.10 Å². The third-order valence-electron chi connectivity index (χ3n) is 2.73. The molecule has 14 heavy (non-hydrogen) atoms. The highest BCUT2D eigenvalue weighted by Crippen LogP contribution is 2.18. The van der Waals surface area contributed by atoms with Crippen LogP contribution in [-0.4, -0.2) is 29.2 Å². The van der Waals surface area contributed by atoms with Crippen LogP contribution in [0.25, 0.3) is 0 Å². The van der Waals surface area contributed by atoms with Crippen LogP contribution >= 0.6 is 0 Å². The first-order valence-corrected chi connectivity index (χ1v) is 5.23. The molecule has 1 atom stereocenters. The molecular formula is C12H17NO. The van der Waals surface area contributed by atoms with Crippen molar-refractivity contribution in [3.8, 4) is 0 Å². The lowest BCUT2D eigenvalue weighted by atomic mass is 10.00. The summed E-state index contributed by atoms with van der Waals surface area (Å²) < 4.78 is 0. The normalized spacial score (nSPS) is 19.0. The van der Waals surface area contributed by atoms with Gasteiger partial charge in [-0.3, -0.25) is 4.90 Å². The molecule has 0 unspecified atom stereocenters. The first kappa shape index (κ1) is 9.69. The fraction of sp³-hybridized carbons (Fsp3) is 0.500. The average molecular weight is 191 g/mol. The lowest BCUT2D eigenvalue weighted by molar-refractivity contribution is 0.119. The van der Waals surface area contributed by atoms with E-state index in [4.69, 9.17) is 0 Å². The Kier molecular flexibility index (Phi) is 2.85. The molecule has 2 heteroatoms. The predicted molar refractivity (Wildman–Crippen MR) is 57.1 cm³/mol. The molecule has 1 aromatic carbocycles. The van der Waals surface area contributed by atoms with Crippen LogP contribution in [0.4, 0.5) is 0 Å². The number of benzene rings is 1. The summed E-state index contributed by atoms with van der Waals surface area (Å²) in [7, 11) is 0. The van der Waals surface area contributed by atoms with Crippen LogP contribution < -0.4 is 0 Å². The van der Waals surface area contributed by atoms with E-state index in [0.717, 1.165) is 26.1 Å². The monoisotopic (exact) mass is 191 g/mol. The summed E-state index contributed by atoms with van der Waals surface area (Å²) in [5.41, 5.74) is 2.88. The maximum Gasteiger partial charge on any atom is 0.0639 e. The second-order valence-electron chi connectivity index (χ2n) is 4.10. The van der Waals surface area contributed by atoms with Crippen molar-refractivity contribution in [1.82, 2.24) is 4.90 Å². The number of β-amino-alcohol motifs (C(OH)–C–C–N with tert-alkyl or cyclic N) is 1. The predicted octanol–water partition coefficient (Wildman–Crippen LogP) is 1.43. The van der Waals surface area contributed by atoms with Gasteiger partial charge in [0.05, 0.1) is 6.10 Å². The smallest absolute Gasteiger partial charge is 0.0639 e. The van der Waals surface area contributed by atoms with Gasteiger partial charge in [0.15, 0.2) is 0 Å². The lowest BCUT2D eigenvalue weighted by Crippen LogP contribution is -2.35. The van der Waals surface area contributed by atoms with Crippen LogP contribution in [0.3, 0.4) is 0 Å². The summed E-state index contributed by atoms with van der Waals surface area (Å²) in [4.78, 5) is 2.31. The summed E-state index contributed by atoms with van der Waals surface area (Å²) in [6.45, 7) is 4.69. The summed E-state index contributed by atoms with van der Waals surface area (Å²) in [5.74, 6) is 0. The van der Waals surface area contributed by atoms with Gasteiger partial charge in [0.1, 0.15) is 0 Å². The summed E-state index contributed by atoms with van der Waals surface area (Å²) in [6.07, 6.45) is 0.892. The Hall–Kier alpha value is -0.860. The molecule has 1 aliphatic heterocycles. The molecule has 0 amide bonds. The molecule has 0 aromatic heterocycles. The maximum atomic E-state index is 9.31. The van der Waals surface area contributed by atoms with Crippen molar-refractivity contribution in [2.24, 2.45) is 0 Å². The second-order valence-corrected chi connectivity index (χ2v) is 4.10. The number of rotatable bonds is 2. The Balaban J connectivity index is 2.06. The molecule has 0 bridgehead atoms. The number of nitrogens with zero attached hydrogens (tertiary/aromatic N) is 1. The molecular weight excluding hydrogens is 174 g/mol. The van der Waals surface area contributed by atoms with Gasteiger partial charge in [-0.05, 0) is 24.5 Å². The molecule has 0 spiro atoms. The Morgan fingerprint density at radius 1 is 1.36 bits per heavy atom. The highest BCUT2D eigenvalue weighted by Gasteiger charge is 2.16. The van der Waals surface area contributed by atoms with Crippen LogP contribution in [0.1, 0.15) is 18.1 Å². The SMILES string of the molecule is C[C@H](O)CN1CCc2ccccc2C1. The molecule has 1 N–H and O–H groups in total. The first-order valence-electron chi connectivity index (χ1n) is 5.23. The van der Waals surface area contributed by atoms with Crippen LogP contribution in [0.2, 0.25) is 0 Å². The molecule has 2 rings (SSSR count). The van der Waals surface area contributed by atoms with E-state index in [1.807, 2.05) is 6.92 Å². The zero-order valence-electron chi connectivity index (χ0n) is 8.61. The number of hydrogen-bond donors (Lipinski definition) is 1. The summed E-state index contributed by atoms with van der Waals surface area (Å²) in [5, 5.41) is 9.31. The molecule has 1 heterocycles. The fourth-order valence-corrected chi connectivity index (χ4v) is 2.08. The van der Waals surface area contributed by atoms with Gasteiger partial charge >= 0.3 is 0 Å². The quantitative estimate of drug-likeness (QED) is 0.764. The molecule has 0 radical (unpaired) electrons. The molecule has 0 aliphatic carbocycles. The van der Waals surface area contributed by atoms with Gasteiger partial charge in [-0.25, -0.2) is 0 Å². The highest BCUT2D eigenvalue weighted by atomic mass is 16.3. The number of fused-ring (bicyclic) bond motifs is 1. The molecule has 0 saturated heterocycles. The maximum absolute atomic E-state index is 9.31. The number of hydrogen-bond acceptors (Lipinski definition) is 2. The number of aliphatic hydroxyl groups is 1. The van der Waals surface area contributed by atoms with Crippen LogP contribution in [0, 0.1) is 0 Å². The molecule has 0 saturated carbocycles. The zero-order chi connectivity index (χ0) is 9.97. The highest BCUT2D eigenvalue weighted by molar-refractivity contribution is 5.28. The van der Waals surface area contributed by atoms with Gasteiger partial charge < -0.3 is 5.11 Å². The van der Waals surface area contributed by atoms with E-state index in [1.165, 1.54) is 11.1 Å². The van der Waals surface area contributed by atoms with Gasteiger partial charge in [-0.1, -0.05) is 24.3 Å². The van der Waals surface area contributed by atoms with Gasteiger partial charge in [0.25, 0.3) is 0 Å². The van der Waals surface area contributed by atoms with E-state index in [1.54, 1.807) is 0 Å². The van der Waals surface area contributed by atoms with Crippen LogP contribution in [0.5, 0.6) is 0 Å². The minimum absolute atomic E-state index is 0.222. The van der Waals surface area contributed by atoms with E-state index in [0.29, 0.717) is 0 Å². The topological polar surface area (TPSA) is 23.5 Å².